The molecule has 2 unspecified atom stereocenters. The van der Waals surface area contributed by atoms with Gasteiger partial charge in [0, 0.05) is 19.6 Å². The first-order valence-electron chi connectivity index (χ1n) is 8.77. The van der Waals surface area contributed by atoms with Gasteiger partial charge < -0.3 is 25.2 Å². The Hall–Kier alpha value is -2.41. The van der Waals surface area contributed by atoms with Crippen molar-refractivity contribution in [3.8, 4) is 5.75 Å². The number of amides is 1. The quantitative estimate of drug-likeness (QED) is 0.699. The Morgan fingerprint density at radius 2 is 2.12 bits per heavy atom. The van der Waals surface area contributed by atoms with Crippen molar-refractivity contribution in [2.75, 3.05) is 26.2 Å². The Morgan fingerprint density at radius 3 is 2.88 bits per heavy atom. The summed E-state index contributed by atoms with van der Waals surface area (Å²) in [6, 6.07) is 17.2. The van der Waals surface area contributed by atoms with E-state index in [1.807, 2.05) is 48.5 Å². The van der Waals surface area contributed by atoms with Gasteiger partial charge in [-0.3, -0.25) is 4.79 Å². The summed E-state index contributed by atoms with van der Waals surface area (Å²) in [6.07, 6.45) is -1.31. The normalized spacial score (nSPS) is 18.1. The molecule has 0 bridgehead atoms. The number of ether oxygens (including phenoxy) is 2. The number of aliphatic hydroxyl groups is 1. The van der Waals surface area contributed by atoms with Gasteiger partial charge >= 0.3 is 0 Å². The van der Waals surface area contributed by atoms with Crippen LogP contribution in [0.25, 0.3) is 0 Å². The fraction of sp³-hybridized carbons (Fsp3) is 0.350. The molecular formula is C20H24N2O4. The molecular weight excluding hydrogens is 332 g/mol. The van der Waals surface area contributed by atoms with Gasteiger partial charge in [-0.2, -0.15) is 0 Å². The average Bonchev–Trinajstić information content (AvgIpc) is 2.72. The van der Waals surface area contributed by atoms with E-state index in [4.69, 9.17) is 9.47 Å². The largest absolute Gasteiger partial charge is 0.489 e. The molecule has 3 N–H and O–H groups in total. The highest BCUT2D eigenvalue weighted by molar-refractivity contribution is 5.81. The standard InChI is InChI=1S/C20H24N2O4/c23-18(12-22-20(24)19-13-21-9-10-25-19)16-7-4-8-17(11-16)26-14-15-5-2-1-3-6-15/h1-8,11,18-19,21,23H,9-10,12-14H2,(H,22,24). The maximum atomic E-state index is 12.0. The lowest BCUT2D eigenvalue weighted by Gasteiger charge is -2.23. The monoisotopic (exact) mass is 356 g/mol. The predicted octanol–water partition coefficient (Wildman–Crippen LogP) is 1.40. The SMILES string of the molecule is O=C(NCC(O)c1cccc(OCc2ccccc2)c1)C1CNCCO1. The van der Waals surface area contributed by atoms with Gasteiger partial charge in [-0.1, -0.05) is 42.5 Å². The number of aliphatic hydroxyl groups excluding tert-OH is 1. The summed E-state index contributed by atoms with van der Waals surface area (Å²) in [5.41, 5.74) is 1.77. The molecule has 1 aliphatic heterocycles. The minimum absolute atomic E-state index is 0.126. The highest BCUT2D eigenvalue weighted by atomic mass is 16.5. The van der Waals surface area contributed by atoms with E-state index in [0.29, 0.717) is 31.1 Å². The van der Waals surface area contributed by atoms with Gasteiger partial charge in [-0.05, 0) is 23.3 Å². The molecule has 2 atom stereocenters. The second-order valence-electron chi connectivity index (χ2n) is 6.17. The van der Waals surface area contributed by atoms with Crippen LogP contribution in [0, 0.1) is 0 Å². The Bertz CT molecular complexity index is 702. The number of carbonyl (C=O) groups is 1. The first kappa shape index (κ1) is 18.4. The minimum atomic E-state index is -0.809. The minimum Gasteiger partial charge on any atom is -0.489 e. The molecule has 6 nitrogen and oxygen atoms in total. The number of nitrogens with one attached hydrogen (secondary N) is 2. The van der Waals surface area contributed by atoms with Crippen molar-refractivity contribution in [3.63, 3.8) is 0 Å². The van der Waals surface area contributed by atoms with E-state index in [1.165, 1.54) is 0 Å². The third-order valence-corrected chi connectivity index (χ3v) is 4.18. The van der Waals surface area contributed by atoms with E-state index in [-0.39, 0.29) is 12.5 Å². The van der Waals surface area contributed by atoms with Gasteiger partial charge in [0.25, 0.3) is 5.91 Å². The molecule has 26 heavy (non-hydrogen) atoms. The first-order chi connectivity index (χ1) is 12.7. The van der Waals surface area contributed by atoms with Crippen molar-refractivity contribution in [1.82, 2.24) is 10.6 Å². The zero-order valence-electron chi connectivity index (χ0n) is 14.6. The van der Waals surface area contributed by atoms with Crippen LogP contribution in [0.1, 0.15) is 17.2 Å². The van der Waals surface area contributed by atoms with Crippen molar-refractivity contribution >= 4 is 5.91 Å². The average molecular weight is 356 g/mol. The van der Waals surface area contributed by atoms with E-state index < -0.39 is 12.2 Å². The number of carbonyl (C=O) groups excluding carboxylic acids is 1. The molecule has 0 radical (unpaired) electrons. The van der Waals surface area contributed by atoms with Crippen molar-refractivity contribution in [3.05, 3.63) is 65.7 Å². The number of hydrogen-bond acceptors (Lipinski definition) is 5. The van der Waals surface area contributed by atoms with Crippen LogP contribution < -0.4 is 15.4 Å². The Kier molecular flexibility index (Phi) is 6.60. The highest BCUT2D eigenvalue weighted by Crippen LogP contribution is 2.20. The maximum Gasteiger partial charge on any atom is 0.250 e. The van der Waals surface area contributed by atoms with Crippen LogP contribution in [0.15, 0.2) is 54.6 Å². The van der Waals surface area contributed by atoms with Crippen LogP contribution in [-0.2, 0) is 16.1 Å². The molecule has 2 aromatic rings. The molecule has 1 fully saturated rings. The molecule has 1 amide bonds. The molecule has 1 saturated heterocycles. The van der Waals surface area contributed by atoms with Crippen LogP contribution in [0.4, 0.5) is 0 Å². The molecule has 1 aliphatic rings. The van der Waals surface area contributed by atoms with Crippen LogP contribution in [-0.4, -0.2) is 43.4 Å². The van der Waals surface area contributed by atoms with Gasteiger partial charge in [0.2, 0.25) is 0 Å². The number of hydrogen-bond donors (Lipinski definition) is 3. The van der Waals surface area contributed by atoms with E-state index in [9.17, 15) is 9.90 Å². The Morgan fingerprint density at radius 1 is 1.27 bits per heavy atom. The summed E-state index contributed by atoms with van der Waals surface area (Å²) in [4.78, 5) is 12.0. The summed E-state index contributed by atoms with van der Waals surface area (Å²) in [5, 5.41) is 16.2. The van der Waals surface area contributed by atoms with Crippen LogP contribution in [0.3, 0.4) is 0 Å². The second kappa shape index (κ2) is 9.33. The smallest absolute Gasteiger partial charge is 0.250 e. The van der Waals surface area contributed by atoms with Gasteiger partial charge in [0.05, 0.1) is 12.7 Å². The zero-order valence-corrected chi connectivity index (χ0v) is 14.6. The van der Waals surface area contributed by atoms with Crippen molar-refractivity contribution in [1.29, 1.82) is 0 Å². The summed E-state index contributed by atoms with van der Waals surface area (Å²) in [7, 11) is 0. The second-order valence-corrected chi connectivity index (χ2v) is 6.17. The maximum absolute atomic E-state index is 12.0. The molecule has 6 heteroatoms. The highest BCUT2D eigenvalue weighted by Gasteiger charge is 2.22. The van der Waals surface area contributed by atoms with E-state index in [0.717, 1.165) is 12.1 Å². The lowest BCUT2D eigenvalue weighted by atomic mass is 10.1. The third kappa shape index (κ3) is 5.29. The Labute approximate surface area is 153 Å². The summed E-state index contributed by atoms with van der Waals surface area (Å²) >= 11 is 0. The van der Waals surface area contributed by atoms with Crippen molar-refractivity contribution in [2.45, 2.75) is 18.8 Å². The van der Waals surface area contributed by atoms with Gasteiger partial charge in [-0.15, -0.1) is 0 Å². The molecule has 1 heterocycles. The van der Waals surface area contributed by atoms with Gasteiger partial charge in [0.1, 0.15) is 18.5 Å². The summed E-state index contributed by atoms with van der Waals surface area (Å²) in [5.74, 6) is 0.462. The van der Waals surface area contributed by atoms with E-state index >= 15 is 0 Å². The lowest BCUT2D eigenvalue weighted by molar-refractivity contribution is -0.134. The predicted molar refractivity (Wildman–Crippen MR) is 97.8 cm³/mol. The van der Waals surface area contributed by atoms with E-state index in [1.54, 1.807) is 6.07 Å². The summed E-state index contributed by atoms with van der Waals surface area (Å²) in [6.45, 7) is 2.35. The third-order valence-electron chi connectivity index (χ3n) is 4.18. The zero-order chi connectivity index (χ0) is 18.2. The van der Waals surface area contributed by atoms with Crippen LogP contribution >= 0.6 is 0 Å². The number of morpholine rings is 1. The topological polar surface area (TPSA) is 79.8 Å². The fourth-order valence-electron chi connectivity index (χ4n) is 2.72. The first-order valence-corrected chi connectivity index (χ1v) is 8.77. The number of rotatable bonds is 7. The van der Waals surface area contributed by atoms with Crippen LogP contribution in [0.2, 0.25) is 0 Å². The molecule has 0 aliphatic carbocycles. The van der Waals surface area contributed by atoms with E-state index in [2.05, 4.69) is 10.6 Å². The number of benzene rings is 2. The fourth-order valence-corrected chi connectivity index (χ4v) is 2.72. The van der Waals surface area contributed by atoms with Gasteiger partial charge in [-0.25, -0.2) is 0 Å². The Balaban J connectivity index is 1.50. The molecule has 2 aromatic carbocycles. The molecule has 0 spiro atoms. The molecule has 0 saturated carbocycles. The molecule has 0 aromatic heterocycles. The summed E-state index contributed by atoms with van der Waals surface area (Å²) < 4.78 is 11.2. The molecule has 3 rings (SSSR count). The lowest BCUT2D eigenvalue weighted by Crippen LogP contribution is -2.48. The van der Waals surface area contributed by atoms with Gasteiger partial charge in [0.15, 0.2) is 0 Å². The molecule has 138 valence electrons. The van der Waals surface area contributed by atoms with Crippen LogP contribution in [0.5, 0.6) is 5.75 Å². The van der Waals surface area contributed by atoms with Crippen molar-refractivity contribution < 1.29 is 19.4 Å². The van der Waals surface area contributed by atoms with Crippen molar-refractivity contribution in [2.24, 2.45) is 0 Å².